The molecule has 0 aliphatic heterocycles. The van der Waals surface area contributed by atoms with Crippen molar-refractivity contribution in [2.75, 3.05) is 0 Å². The fraction of sp³-hybridized carbons (Fsp3) is 0.538. The Labute approximate surface area is 93.1 Å². The van der Waals surface area contributed by atoms with Gasteiger partial charge in [0.25, 0.3) is 0 Å². The smallest absolute Gasteiger partial charge is 0.0114 e. The Morgan fingerprint density at radius 2 is 1.50 bits per heavy atom. The second-order valence-corrected chi connectivity index (χ2v) is 6.06. The maximum Gasteiger partial charge on any atom is 0.0114 e. The number of benzene rings is 1. The summed E-state index contributed by atoms with van der Waals surface area (Å²) in [4.78, 5) is 0. The third-order valence-corrected chi connectivity index (χ3v) is 2.73. The number of rotatable bonds is 2. The third-order valence-electron chi connectivity index (χ3n) is 2.58. The van der Waals surface area contributed by atoms with Crippen LogP contribution < -0.4 is 0 Å². The second-order valence-electron chi connectivity index (χ2n) is 4.85. The van der Waals surface area contributed by atoms with Gasteiger partial charge in [-0.3, -0.25) is 0 Å². The predicted octanol–water partition coefficient (Wildman–Crippen LogP) is 3.86. The van der Waals surface area contributed by atoms with Crippen LogP contribution in [0.5, 0.6) is 0 Å². The van der Waals surface area contributed by atoms with Gasteiger partial charge in [0.2, 0.25) is 0 Å². The molecule has 1 rings (SSSR count). The molecule has 0 unspecified atom stereocenters. The molecular weight excluding hydrogens is 188 g/mol. The minimum absolute atomic E-state index is 0.0759. The van der Waals surface area contributed by atoms with E-state index in [-0.39, 0.29) is 4.75 Å². The van der Waals surface area contributed by atoms with Gasteiger partial charge in [0.05, 0.1) is 0 Å². The average Bonchev–Trinajstić information content (AvgIpc) is 1.97. The van der Waals surface area contributed by atoms with Gasteiger partial charge in [-0.2, -0.15) is 12.6 Å². The molecule has 0 radical (unpaired) electrons. The first-order valence-corrected chi connectivity index (χ1v) is 5.53. The highest BCUT2D eigenvalue weighted by Gasteiger charge is 2.14. The van der Waals surface area contributed by atoms with E-state index in [9.17, 15) is 0 Å². The molecule has 0 aliphatic rings. The second kappa shape index (κ2) is 3.98. The maximum atomic E-state index is 4.57. The van der Waals surface area contributed by atoms with Gasteiger partial charge in [0, 0.05) is 4.75 Å². The van der Waals surface area contributed by atoms with E-state index in [4.69, 9.17) is 0 Å². The lowest BCUT2D eigenvalue weighted by atomic mass is 9.94. The zero-order chi connectivity index (χ0) is 10.9. The van der Waals surface area contributed by atoms with Gasteiger partial charge >= 0.3 is 0 Å². The van der Waals surface area contributed by atoms with E-state index in [1.54, 1.807) is 0 Å². The van der Waals surface area contributed by atoms with Gasteiger partial charge in [-0.15, -0.1) is 0 Å². The molecule has 0 N–H and O–H groups in total. The Bertz CT molecular complexity index is 332. The standard InChI is InChI=1S/C13H20S/c1-9-6-11(3)12(7-10(9)2)8-13(4,5)14/h6-7,14H,8H2,1-5H3. The van der Waals surface area contributed by atoms with Gasteiger partial charge in [0.1, 0.15) is 0 Å². The normalized spacial score (nSPS) is 11.9. The van der Waals surface area contributed by atoms with Crippen LogP contribution in [0, 0.1) is 20.8 Å². The van der Waals surface area contributed by atoms with Crippen LogP contribution in [0.15, 0.2) is 12.1 Å². The Balaban J connectivity index is 3.04. The molecule has 0 aliphatic carbocycles. The molecule has 0 nitrogen and oxygen atoms in total. The maximum absolute atomic E-state index is 4.57. The van der Waals surface area contributed by atoms with E-state index in [1.165, 1.54) is 22.3 Å². The molecule has 0 saturated heterocycles. The molecule has 0 aromatic heterocycles. The SMILES string of the molecule is Cc1cc(C)c(CC(C)(C)S)cc1C. The lowest BCUT2D eigenvalue weighted by Gasteiger charge is -2.19. The molecular formula is C13H20S. The fourth-order valence-electron chi connectivity index (χ4n) is 1.68. The van der Waals surface area contributed by atoms with Crippen LogP contribution in [-0.4, -0.2) is 4.75 Å². The summed E-state index contributed by atoms with van der Waals surface area (Å²) in [6, 6.07) is 4.56. The quantitative estimate of drug-likeness (QED) is 0.701. The Hall–Kier alpha value is -0.430. The molecule has 0 amide bonds. The summed E-state index contributed by atoms with van der Waals surface area (Å²) in [5, 5.41) is 0. The van der Waals surface area contributed by atoms with Crippen molar-refractivity contribution in [3.05, 3.63) is 34.4 Å². The van der Waals surface area contributed by atoms with Gasteiger partial charge in [0.15, 0.2) is 0 Å². The van der Waals surface area contributed by atoms with Gasteiger partial charge in [-0.25, -0.2) is 0 Å². The van der Waals surface area contributed by atoms with Crippen molar-refractivity contribution in [2.24, 2.45) is 0 Å². The topological polar surface area (TPSA) is 0 Å². The van der Waals surface area contributed by atoms with Gasteiger partial charge in [-0.05, 0) is 49.4 Å². The van der Waals surface area contributed by atoms with Crippen LogP contribution in [0.25, 0.3) is 0 Å². The van der Waals surface area contributed by atoms with Crippen molar-refractivity contribution in [2.45, 2.75) is 45.8 Å². The summed E-state index contributed by atoms with van der Waals surface area (Å²) >= 11 is 4.57. The van der Waals surface area contributed by atoms with E-state index < -0.39 is 0 Å². The predicted molar refractivity (Wildman–Crippen MR) is 67.4 cm³/mol. The van der Waals surface area contributed by atoms with Crippen molar-refractivity contribution in [1.82, 2.24) is 0 Å². The van der Waals surface area contributed by atoms with Gasteiger partial charge < -0.3 is 0 Å². The fourth-order valence-corrected chi connectivity index (χ4v) is 1.85. The molecule has 0 bridgehead atoms. The number of aryl methyl sites for hydroxylation is 3. The van der Waals surface area contributed by atoms with Crippen LogP contribution in [-0.2, 0) is 6.42 Å². The molecule has 78 valence electrons. The molecule has 14 heavy (non-hydrogen) atoms. The highest BCUT2D eigenvalue weighted by atomic mass is 32.1. The molecule has 0 heterocycles. The summed E-state index contributed by atoms with van der Waals surface area (Å²) in [7, 11) is 0. The minimum Gasteiger partial charge on any atom is -0.173 e. The zero-order valence-corrected chi connectivity index (χ0v) is 10.7. The van der Waals surface area contributed by atoms with E-state index in [2.05, 4.69) is 59.4 Å². The molecule has 1 heteroatoms. The average molecular weight is 208 g/mol. The summed E-state index contributed by atoms with van der Waals surface area (Å²) in [5.74, 6) is 0. The Kier molecular flexibility index (Phi) is 3.31. The molecule has 1 aromatic rings. The Morgan fingerprint density at radius 3 is 2.00 bits per heavy atom. The van der Waals surface area contributed by atoms with E-state index in [1.807, 2.05) is 0 Å². The van der Waals surface area contributed by atoms with Crippen LogP contribution in [0.2, 0.25) is 0 Å². The van der Waals surface area contributed by atoms with E-state index in [0.29, 0.717) is 0 Å². The molecule has 0 atom stereocenters. The molecule has 1 aromatic carbocycles. The third kappa shape index (κ3) is 3.06. The highest BCUT2D eigenvalue weighted by molar-refractivity contribution is 7.81. The van der Waals surface area contributed by atoms with Crippen molar-refractivity contribution in [3.63, 3.8) is 0 Å². The van der Waals surface area contributed by atoms with Crippen LogP contribution in [0.1, 0.15) is 36.1 Å². The number of thiol groups is 1. The zero-order valence-electron chi connectivity index (χ0n) is 9.81. The lowest BCUT2D eigenvalue weighted by Crippen LogP contribution is -2.15. The highest BCUT2D eigenvalue weighted by Crippen LogP contribution is 2.23. The largest absolute Gasteiger partial charge is 0.173 e. The van der Waals surface area contributed by atoms with Gasteiger partial charge in [-0.1, -0.05) is 26.0 Å². The summed E-state index contributed by atoms with van der Waals surface area (Å²) in [6.45, 7) is 10.8. The van der Waals surface area contributed by atoms with Crippen molar-refractivity contribution >= 4 is 12.6 Å². The monoisotopic (exact) mass is 208 g/mol. The first kappa shape index (κ1) is 11.6. The summed E-state index contributed by atoms with van der Waals surface area (Å²) in [5.41, 5.74) is 5.56. The minimum atomic E-state index is 0.0759. The van der Waals surface area contributed by atoms with E-state index in [0.717, 1.165) is 6.42 Å². The number of hydrogen-bond acceptors (Lipinski definition) is 1. The van der Waals surface area contributed by atoms with Crippen LogP contribution in [0.4, 0.5) is 0 Å². The summed E-state index contributed by atoms with van der Waals surface area (Å²) < 4.78 is 0.0759. The van der Waals surface area contributed by atoms with Crippen LogP contribution >= 0.6 is 12.6 Å². The molecule has 0 spiro atoms. The molecule has 0 fully saturated rings. The lowest BCUT2D eigenvalue weighted by molar-refractivity contribution is 0.711. The molecule has 0 saturated carbocycles. The van der Waals surface area contributed by atoms with Crippen molar-refractivity contribution < 1.29 is 0 Å². The van der Waals surface area contributed by atoms with Crippen molar-refractivity contribution in [3.8, 4) is 0 Å². The van der Waals surface area contributed by atoms with Crippen LogP contribution in [0.3, 0.4) is 0 Å². The summed E-state index contributed by atoms with van der Waals surface area (Å²) in [6.07, 6.45) is 1.03. The van der Waals surface area contributed by atoms with E-state index >= 15 is 0 Å². The van der Waals surface area contributed by atoms with Crippen molar-refractivity contribution in [1.29, 1.82) is 0 Å². The number of hydrogen-bond donors (Lipinski definition) is 1. The first-order chi connectivity index (χ1) is 6.29. The Morgan fingerprint density at radius 1 is 1.00 bits per heavy atom. The first-order valence-electron chi connectivity index (χ1n) is 5.09.